The highest BCUT2D eigenvalue weighted by Crippen LogP contribution is 2.32. The summed E-state index contributed by atoms with van der Waals surface area (Å²) < 4.78 is 6.99. The lowest BCUT2D eigenvalue weighted by atomic mass is 9.82. The van der Waals surface area contributed by atoms with Crippen molar-refractivity contribution in [2.24, 2.45) is 5.92 Å². The summed E-state index contributed by atoms with van der Waals surface area (Å²) in [5.74, 6) is 1.80. The predicted molar refractivity (Wildman–Crippen MR) is 79.8 cm³/mol. The highest BCUT2D eigenvalue weighted by Gasteiger charge is 2.29. The lowest BCUT2D eigenvalue weighted by Crippen LogP contribution is -2.39. The molecule has 2 rings (SSSR count). The zero-order valence-electron chi connectivity index (χ0n) is 10.1. The van der Waals surface area contributed by atoms with E-state index in [0.29, 0.717) is 12.6 Å². The maximum Gasteiger partial charge on any atom is 0.119 e. The molecule has 0 amide bonds. The van der Waals surface area contributed by atoms with Crippen LogP contribution in [0.3, 0.4) is 0 Å². The van der Waals surface area contributed by atoms with E-state index in [4.69, 9.17) is 4.74 Å². The van der Waals surface area contributed by atoms with E-state index in [9.17, 15) is 0 Å². The molecule has 0 spiro atoms. The van der Waals surface area contributed by atoms with Crippen molar-refractivity contribution in [1.29, 1.82) is 0 Å². The molecule has 1 atom stereocenters. The molecule has 0 radical (unpaired) electrons. The highest BCUT2D eigenvalue weighted by atomic mass is 127. The Labute approximate surface area is 117 Å². The van der Waals surface area contributed by atoms with Crippen LogP contribution in [0, 0.1) is 5.92 Å². The quantitative estimate of drug-likeness (QED) is 0.474. The Morgan fingerprint density at radius 1 is 1.35 bits per heavy atom. The van der Waals surface area contributed by atoms with Crippen LogP contribution < -0.4 is 5.32 Å². The average Bonchev–Trinajstić information content (AvgIpc) is 2.38. The summed E-state index contributed by atoms with van der Waals surface area (Å²) >= 11 is 2.35. The van der Waals surface area contributed by atoms with Crippen LogP contribution in [-0.4, -0.2) is 12.6 Å². The van der Waals surface area contributed by atoms with Gasteiger partial charge in [-0.25, -0.2) is 0 Å². The SMILES string of the molecule is C=CCOC1=CC=C(I)NC1C1CCCCC1. The van der Waals surface area contributed by atoms with Gasteiger partial charge in [-0.2, -0.15) is 0 Å². The van der Waals surface area contributed by atoms with Crippen LogP contribution in [0.4, 0.5) is 0 Å². The van der Waals surface area contributed by atoms with E-state index < -0.39 is 0 Å². The van der Waals surface area contributed by atoms with Crippen molar-refractivity contribution in [1.82, 2.24) is 5.32 Å². The predicted octanol–water partition coefficient (Wildman–Crippen LogP) is 3.90. The van der Waals surface area contributed by atoms with Gasteiger partial charge in [0.05, 0.1) is 9.75 Å². The molecule has 2 nitrogen and oxygen atoms in total. The van der Waals surface area contributed by atoms with E-state index in [-0.39, 0.29) is 0 Å². The molecule has 0 aromatic carbocycles. The molecule has 0 saturated heterocycles. The van der Waals surface area contributed by atoms with E-state index in [1.54, 1.807) is 0 Å². The lowest BCUT2D eigenvalue weighted by molar-refractivity contribution is 0.178. The van der Waals surface area contributed by atoms with Gasteiger partial charge in [0, 0.05) is 0 Å². The smallest absolute Gasteiger partial charge is 0.119 e. The van der Waals surface area contributed by atoms with Crippen molar-refractivity contribution in [3.63, 3.8) is 0 Å². The van der Waals surface area contributed by atoms with Gasteiger partial charge in [0.1, 0.15) is 12.4 Å². The van der Waals surface area contributed by atoms with Gasteiger partial charge in [-0.1, -0.05) is 31.9 Å². The van der Waals surface area contributed by atoms with E-state index in [1.807, 2.05) is 6.08 Å². The van der Waals surface area contributed by atoms with Crippen molar-refractivity contribution in [2.45, 2.75) is 38.1 Å². The van der Waals surface area contributed by atoms with Gasteiger partial charge in [0.2, 0.25) is 0 Å². The molecular weight excluding hydrogens is 325 g/mol. The lowest BCUT2D eigenvalue weighted by Gasteiger charge is -2.34. The van der Waals surface area contributed by atoms with E-state index >= 15 is 0 Å². The summed E-state index contributed by atoms with van der Waals surface area (Å²) in [5, 5.41) is 3.57. The fourth-order valence-corrected chi connectivity index (χ4v) is 3.15. The van der Waals surface area contributed by atoms with Gasteiger partial charge in [-0.3, -0.25) is 0 Å². The fraction of sp³-hybridized carbons (Fsp3) is 0.571. The van der Waals surface area contributed by atoms with Crippen LogP contribution in [-0.2, 0) is 4.74 Å². The molecule has 1 N–H and O–H groups in total. The Balaban J connectivity index is 2.04. The zero-order chi connectivity index (χ0) is 12.1. The molecule has 0 bridgehead atoms. The normalized spacial score (nSPS) is 25.6. The van der Waals surface area contributed by atoms with Crippen LogP contribution >= 0.6 is 22.6 Å². The minimum Gasteiger partial charge on any atom is -0.492 e. The van der Waals surface area contributed by atoms with Crippen molar-refractivity contribution in [2.75, 3.05) is 6.61 Å². The van der Waals surface area contributed by atoms with Crippen LogP contribution in [0.5, 0.6) is 0 Å². The average molecular weight is 345 g/mol. The molecular formula is C14H20INO. The topological polar surface area (TPSA) is 21.3 Å². The summed E-state index contributed by atoms with van der Waals surface area (Å²) in [7, 11) is 0. The fourth-order valence-electron chi connectivity index (χ4n) is 2.64. The van der Waals surface area contributed by atoms with Crippen molar-refractivity contribution < 1.29 is 4.74 Å². The summed E-state index contributed by atoms with van der Waals surface area (Å²) in [6, 6.07) is 0.368. The van der Waals surface area contributed by atoms with Crippen LogP contribution in [0.25, 0.3) is 0 Å². The summed E-state index contributed by atoms with van der Waals surface area (Å²) in [6.07, 6.45) is 12.7. The number of hydrogen-bond donors (Lipinski definition) is 1. The molecule has 0 aromatic heterocycles. The molecule has 3 heteroatoms. The minimum atomic E-state index is 0.368. The third-order valence-corrected chi connectivity index (χ3v) is 4.15. The summed E-state index contributed by atoms with van der Waals surface area (Å²) in [6.45, 7) is 4.31. The Morgan fingerprint density at radius 2 is 2.12 bits per heavy atom. The molecule has 1 saturated carbocycles. The van der Waals surface area contributed by atoms with Gasteiger partial charge < -0.3 is 10.1 Å². The molecule has 1 fully saturated rings. The second kappa shape index (κ2) is 6.47. The number of rotatable bonds is 4. The first-order chi connectivity index (χ1) is 8.31. The maximum absolute atomic E-state index is 5.78. The molecule has 2 aliphatic rings. The first-order valence-corrected chi connectivity index (χ1v) is 7.46. The van der Waals surface area contributed by atoms with Gasteiger partial charge in [-0.05, 0) is 53.5 Å². The number of halogens is 1. The molecule has 0 aromatic rings. The van der Waals surface area contributed by atoms with Crippen LogP contribution in [0.15, 0.2) is 34.3 Å². The maximum atomic E-state index is 5.78. The summed E-state index contributed by atoms with van der Waals surface area (Å²) in [5.41, 5.74) is 0. The third kappa shape index (κ3) is 3.50. The van der Waals surface area contributed by atoms with Crippen molar-refractivity contribution in [3.8, 4) is 0 Å². The van der Waals surface area contributed by atoms with Crippen LogP contribution in [0.1, 0.15) is 32.1 Å². The summed E-state index contributed by atoms with van der Waals surface area (Å²) in [4.78, 5) is 0. The minimum absolute atomic E-state index is 0.368. The third-order valence-electron chi connectivity index (χ3n) is 3.48. The largest absolute Gasteiger partial charge is 0.492 e. The standard InChI is InChI=1S/C14H20INO/c1-2-10-17-12-8-9-13(15)16-14(12)11-6-4-3-5-7-11/h2,8-9,11,14,16H,1,3-7,10H2. The van der Waals surface area contributed by atoms with Crippen LogP contribution in [0.2, 0.25) is 0 Å². The van der Waals surface area contributed by atoms with E-state index in [1.165, 1.54) is 35.8 Å². The Hall–Kier alpha value is -0.450. The molecule has 1 aliphatic carbocycles. The second-order valence-corrected chi connectivity index (χ2v) is 5.87. The molecule has 1 heterocycles. The van der Waals surface area contributed by atoms with Gasteiger partial charge in [-0.15, -0.1) is 0 Å². The van der Waals surface area contributed by atoms with Gasteiger partial charge >= 0.3 is 0 Å². The van der Waals surface area contributed by atoms with E-state index in [2.05, 4.69) is 46.6 Å². The molecule has 17 heavy (non-hydrogen) atoms. The Bertz CT molecular complexity index is 329. The molecule has 1 aliphatic heterocycles. The Kier molecular flexibility index (Phi) is 4.95. The van der Waals surface area contributed by atoms with Gasteiger partial charge in [0.15, 0.2) is 0 Å². The molecule has 94 valence electrons. The number of hydrogen-bond acceptors (Lipinski definition) is 2. The number of ether oxygens (including phenoxy) is 1. The number of nitrogens with one attached hydrogen (secondary N) is 1. The first kappa shape index (κ1) is 13.0. The monoisotopic (exact) mass is 345 g/mol. The number of allylic oxidation sites excluding steroid dienone is 2. The number of dihydropyridines is 1. The highest BCUT2D eigenvalue weighted by molar-refractivity contribution is 14.1. The molecule has 1 unspecified atom stereocenters. The Morgan fingerprint density at radius 3 is 2.82 bits per heavy atom. The van der Waals surface area contributed by atoms with Crippen molar-refractivity contribution in [3.05, 3.63) is 34.3 Å². The zero-order valence-corrected chi connectivity index (χ0v) is 12.3. The second-order valence-electron chi connectivity index (χ2n) is 4.70. The van der Waals surface area contributed by atoms with Gasteiger partial charge in [0.25, 0.3) is 0 Å². The first-order valence-electron chi connectivity index (χ1n) is 6.39. The van der Waals surface area contributed by atoms with E-state index in [0.717, 1.165) is 11.7 Å². The van der Waals surface area contributed by atoms with Crippen molar-refractivity contribution >= 4 is 22.6 Å².